The Balaban J connectivity index is 1.59. The van der Waals surface area contributed by atoms with Gasteiger partial charge in [-0.05, 0) is 80.0 Å². The number of hydrogen-bond acceptors (Lipinski definition) is 11. The molecule has 0 amide bonds. The predicted molar refractivity (Wildman–Crippen MR) is 178 cm³/mol. The van der Waals surface area contributed by atoms with Crippen LogP contribution >= 0.6 is 0 Å². The first-order valence-electron chi connectivity index (χ1n) is 16.7. The van der Waals surface area contributed by atoms with Crippen molar-refractivity contribution in [3.8, 4) is 17.2 Å². The van der Waals surface area contributed by atoms with E-state index in [1.54, 1.807) is 57.2 Å². The van der Waals surface area contributed by atoms with Gasteiger partial charge in [0.25, 0.3) is 6.47 Å². The largest absolute Gasteiger partial charge is 0.506 e. The quantitative estimate of drug-likeness (QED) is 0.157. The molecule has 1 spiro atoms. The predicted octanol–water partition coefficient (Wildman–Crippen LogP) is 4.42. The molecule has 1 saturated carbocycles. The van der Waals surface area contributed by atoms with Crippen molar-refractivity contribution < 1.29 is 53.8 Å². The number of ketones is 2. The van der Waals surface area contributed by atoms with E-state index in [9.17, 15) is 34.8 Å². The van der Waals surface area contributed by atoms with Gasteiger partial charge in [-0.15, -0.1) is 0 Å². The summed E-state index contributed by atoms with van der Waals surface area (Å²) in [6.07, 6.45) is 9.08. The van der Waals surface area contributed by atoms with Gasteiger partial charge in [0.15, 0.2) is 22.8 Å². The second-order valence-electron chi connectivity index (χ2n) is 15.9. The van der Waals surface area contributed by atoms with E-state index in [-0.39, 0.29) is 70.4 Å². The van der Waals surface area contributed by atoms with Crippen LogP contribution in [0.1, 0.15) is 96.1 Å². The number of allylic oxidation sites excluding steroid dienone is 2. The average Bonchev–Trinajstić information content (AvgIpc) is 3.14. The molecule has 1 saturated heterocycles. The molecule has 2 fully saturated rings. The van der Waals surface area contributed by atoms with E-state index in [1.165, 1.54) is 13.8 Å². The lowest BCUT2D eigenvalue weighted by Gasteiger charge is -2.56. The summed E-state index contributed by atoms with van der Waals surface area (Å²) in [4.78, 5) is 40.2. The van der Waals surface area contributed by atoms with E-state index in [4.69, 9.17) is 18.9 Å². The highest BCUT2D eigenvalue weighted by Crippen LogP contribution is 2.68. The van der Waals surface area contributed by atoms with Gasteiger partial charge in [0.2, 0.25) is 0 Å². The number of fused-ring (bicyclic) bond motifs is 2. The number of Topliss-reactive ketones (excluding diaryl/α,β-unsaturated/α-hetero) is 2. The Morgan fingerprint density at radius 1 is 1.10 bits per heavy atom. The molecule has 3 heterocycles. The number of rotatable bonds is 10. The van der Waals surface area contributed by atoms with Crippen LogP contribution in [0.15, 0.2) is 41.7 Å². The van der Waals surface area contributed by atoms with Gasteiger partial charge in [-0.3, -0.25) is 14.4 Å². The number of phenols is 1. The van der Waals surface area contributed by atoms with E-state index < -0.39 is 57.3 Å². The summed E-state index contributed by atoms with van der Waals surface area (Å²) in [5.41, 5.74) is -7.34. The number of aliphatic hydroxyl groups is 3. The molecule has 4 N–H and O–H groups in total. The third kappa shape index (κ3) is 5.28. The molecular formula is C38H46O11. The normalized spacial score (nSPS) is 31.8. The van der Waals surface area contributed by atoms with Crippen molar-refractivity contribution in [2.45, 2.75) is 121 Å². The van der Waals surface area contributed by atoms with Crippen LogP contribution in [-0.4, -0.2) is 78.2 Å². The fourth-order valence-corrected chi connectivity index (χ4v) is 8.25. The molecule has 1 aromatic carbocycles. The Labute approximate surface area is 285 Å². The van der Waals surface area contributed by atoms with Crippen molar-refractivity contribution in [2.75, 3.05) is 0 Å². The summed E-state index contributed by atoms with van der Waals surface area (Å²) in [6, 6.07) is 0. The molecule has 264 valence electrons. The van der Waals surface area contributed by atoms with Gasteiger partial charge in [-0.25, -0.2) is 0 Å². The Hall–Kier alpha value is -3.77. The number of carbonyl (C=O) groups is 3. The summed E-state index contributed by atoms with van der Waals surface area (Å²) < 4.78 is 25.4. The summed E-state index contributed by atoms with van der Waals surface area (Å²) in [5.74, 6) is -1.96. The Bertz CT molecular complexity index is 1750. The number of phenolic OH excluding ortho intramolecular Hbond substituents is 1. The number of benzene rings is 1. The van der Waals surface area contributed by atoms with Crippen LogP contribution < -0.4 is 9.47 Å². The van der Waals surface area contributed by atoms with E-state index >= 15 is 0 Å². The van der Waals surface area contributed by atoms with E-state index in [0.29, 0.717) is 12.8 Å². The zero-order chi connectivity index (χ0) is 36.1. The molecule has 11 heteroatoms. The van der Waals surface area contributed by atoms with Crippen LogP contribution in [0.2, 0.25) is 0 Å². The molecule has 6 aliphatic rings. The van der Waals surface area contributed by atoms with Crippen LogP contribution in [0.3, 0.4) is 0 Å². The van der Waals surface area contributed by atoms with Gasteiger partial charge in [0, 0.05) is 42.2 Å². The number of carbonyl (C=O) groups excluding carboxylic acids is 3. The number of ether oxygens (including phenoxy) is 4. The topological polar surface area (TPSA) is 169 Å². The van der Waals surface area contributed by atoms with Gasteiger partial charge >= 0.3 is 0 Å². The number of aliphatic hydroxyl groups excluding tert-OH is 1. The van der Waals surface area contributed by atoms with Crippen LogP contribution in [0.5, 0.6) is 17.2 Å². The molecule has 7 rings (SSSR count). The molecule has 2 unspecified atom stereocenters. The molecule has 6 atom stereocenters. The smallest absolute Gasteiger partial charge is 0.298 e. The standard InChI is InChI=1S/C38H46O11/c1-20(46-19-39)10-15-37-32(43)21-16-24-29(42)27-28(41)22-11-14-36(8,13-9-12-33(2,3)44)47-30(22)23(18-26(40)34(4,5)45)31(27)48-38(24,37)25(17-21)35(6,7)49-37/h9-12,14,16,19,21,25-26,40-41,44-45H,13,15,17-18H2,1-8H3/b12-9+,20-10-/t21-,25?,26?,36-,37-,38-/m1/s1. The minimum atomic E-state index is -1.69. The SMILES string of the molecule is C/C(=C/C[C@]12OC(C)(C)C3C[C@@H](C=C4C(=O)c5c(O)c6c(c(CC(O)C(C)(C)O)c5O[C@]431)O[C@](C)(C/C=C/C(C)(C)O)C=C6)C2=O)OC=O. The summed E-state index contributed by atoms with van der Waals surface area (Å²) in [6.45, 7) is 13.6. The molecule has 49 heavy (non-hydrogen) atoms. The maximum atomic E-state index is 14.8. The minimum absolute atomic E-state index is 0.0555. The Morgan fingerprint density at radius 3 is 2.43 bits per heavy atom. The fraction of sp³-hybridized carbons (Fsp3) is 0.553. The van der Waals surface area contributed by atoms with Crippen molar-refractivity contribution in [1.29, 1.82) is 0 Å². The zero-order valence-electron chi connectivity index (χ0n) is 29.2. The van der Waals surface area contributed by atoms with Gasteiger partial charge in [-0.1, -0.05) is 18.2 Å². The lowest BCUT2D eigenvalue weighted by atomic mass is 9.51. The minimum Gasteiger partial charge on any atom is -0.506 e. The molecule has 3 aliphatic heterocycles. The molecular weight excluding hydrogens is 632 g/mol. The van der Waals surface area contributed by atoms with E-state index in [1.807, 2.05) is 20.8 Å². The highest BCUT2D eigenvalue weighted by molar-refractivity contribution is 6.19. The van der Waals surface area contributed by atoms with Crippen LogP contribution in [0, 0.1) is 11.8 Å². The van der Waals surface area contributed by atoms with Crippen LogP contribution in [-0.2, 0) is 25.5 Å². The zero-order valence-corrected chi connectivity index (χ0v) is 29.2. The van der Waals surface area contributed by atoms with E-state index in [2.05, 4.69) is 0 Å². The number of hydrogen-bond donors (Lipinski definition) is 4. The highest BCUT2D eigenvalue weighted by Gasteiger charge is 2.81. The Morgan fingerprint density at radius 2 is 1.80 bits per heavy atom. The van der Waals surface area contributed by atoms with Crippen molar-refractivity contribution in [3.05, 3.63) is 58.4 Å². The molecule has 1 aromatic rings. The lowest BCUT2D eigenvalue weighted by Crippen LogP contribution is -2.72. The van der Waals surface area contributed by atoms with Crippen molar-refractivity contribution in [2.24, 2.45) is 11.8 Å². The molecule has 3 aliphatic carbocycles. The van der Waals surface area contributed by atoms with Gasteiger partial charge in [0.1, 0.15) is 34.2 Å². The van der Waals surface area contributed by atoms with Crippen molar-refractivity contribution >= 4 is 24.1 Å². The average molecular weight is 679 g/mol. The highest BCUT2D eigenvalue weighted by atomic mass is 16.6. The van der Waals surface area contributed by atoms with Crippen molar-refractivity contribution in [3.63, 3.8) is 0 Å². The second-order valence-corrected chi connectivity index (χ2v) is 15.9. The fourth-order valence-electron chi connectivity index (χ4n) is 8.25. The molecule has 0 radical (unpaired) electrons. The molecule has 0 aromatic heterocycles. The maximum absolute atomic E-state index is 14.8. The summed E-state index contributed by atoms with van der Waals surface area (Å²) in [5, 5.41) is 44.2. The third-order valence-electron chi connectivity index (χ3n) is 10.7. The third-order valence-corrected chi connectivity index (χ3v) is 10.7. The first-order chi connectivity index (χ1) is 22.6. The van der Waals surface area contributed by atoms with Crippen molar-refractivity contribution in [1.82, 2.24) is 0 Å². The monoisotopic (exact) mass is 678 g/mol. The second kappa shape index (κ2) is 11.1. The first kappa shape index (κ1) is 35.1. The van der Waals surface area contributed by atoms with Gasteiger partial charge < -0.3 is 39.4 Å². The molecule has 4 bridgehead atoms. The summed E-state index contributed by atoms with van der Waals surface area (Å²) >= 11 is 0. The lowest BCUT2D eigenvalue weighted by molar-refractivity contribution is -0.171. The van der Waals surface area contributed by atoms with Gasteiger partial charge in [-0.2, -0.15) is 0 Å². The first-order valence-corrected chi connectivity index (χ1v) is 16.7. The summed E-state index contributed by atoms with van der Waals surface area (Å²) in [7, 11) is 0. The van der Waals surface area contributed by atoms with Gasteiger partial charge in [0.05, 0.1) is 28.5 Å². The van der Waals surface area contributed by atoms with Crippen LogP contribution in [0.4, 0.5) is 0 Å². The Kier molecular flexibility index (Phi) is 7.96. The van der Waals surface area contributed by atoms with Crippen LogP contribution in [0.25, 0.3) is 6.08 Å². The molecule has 11 nitrogen and oxygen atoms in total. The maximum Gasteiger partial charge on any atom is 0.298 e. The number of aromatic hydroxyl groups is 1. The van der Waals surface area contributed by atoms with E-state index in [0.717, 1.165) is 0 Å².